The first-order valence-corrected chi connectivity index (χ1v) is 5.13. The van der Waals surface area contributed by atoms with Crippen molar-refractivity contribution in [1.29, 1.82) is 0 Å². The highest BCUT2D eigenvalue weighted by atomic mass is 16.1. The summed E-state index contributed by atoms with van der Waals surface area (Å²) in [6.07, 6.45) is 4.44. The van der Waals surface area contributed by atoms with Crippen LogP contribution in [0.4, 0.5) is 5.69 Å². The van der Waals surface area contributed by atoms with Gasteiger partial charge in [-0.3, -0.25) is 14.2 Å². The Morgan fingerprint density at radius 3 is 2.53 bits per heavy atom. The highest BCUT2D eigenvalue weighted by Gasteiger charge is 1.98. The molecule has 0 aliphatic carbocycles. The molecule has 0 atom stereocenters. The van der Waals surface area contributed by atoms with Crippen LogP contribution in [-0.4, -0.2) is 14.1 Å². The van der Waals surface area contributed by atoms with Crippen molar-refractivity contribution in [1.82, 2.24) is 14.1 Å². The van der Waals surface area contributed by atoms with Crippen molar-refractivity contribution in [2.75, 3.05) is 5.73 Å². The Bertz CT molecular complexity index is 630. The Labute approximate surface area is 97.0 Å². The molecule has 0 spiro atoms. The third-order valence-corrected chi connectivity index (χ3v) is 2.38. The number of anilines is 1. The molecule has 0 aliphatic heterocycles. The van der Waals surface area contributed by atoms with Gasteiger partial charge in [-0.15, -0.1) is 0 Å². The van der Waals surface area contributed by atoms with E-state index in [-0.39, 0.29) is 11.1 Å². The van der Waals surface area contributed by atoms with E-state index in [4.69, 9.17) is 5.73 Å². The smallest absolute Gasteiger partial charge is 0.253 e. The van der Waals surface area contributed by atoms with Gasteiger partial charge in [0.1, 0.15) is 0 Å². The fourth-order valence-electron chi connectivity index (χ4n) is 1.49. The largest absolute Gasteiger partial charge is 0.398 e. The zero-order chi connectivity index (χ0) is 12.3. The third-order valence-electron chi connectivity index (χ3n) is 2.38. The van der Waals surface area contributed by atoms with Crippen molar-refractivity contribution >= 4 is 5.69 Å². The summed E-state index contributed by atoms with van der Waals surface area (Å²) in [6, 6.07) is 4.33. The molecule has 6 nitrogen and oxygen atoms in total. The summed E-state index contributed by atoms with van der Waals surface area (Å²) in [5.74, 6) is 0. The van der Waals surface area contributed by atoms with Gasteiger partial charge < -0.3 is 10.3 Å². The van der Waals surface area contributed by atoms with Gasteiger partial charge in [0.2, 0.25) is 0 Å². The van der Waals surface area contributed by atoms with Crippen molar-refractivity contribution in [2.24, 2.45) is 0 Å². The standard InChI is InChI=1S/C11H12N4O2/c12-9-1-2-10(16)14(7-9)5-6-15-8-13-4-3-11(15)17/h1-4,7-8H,5-6,12H2. The van der Waals surface area contributed by atoms with E-state index in [2.05, 4.69) is 4.98 Å². The van der Waals surface area contributed by atoms with E-state index in [1.807, 2.05) is 0 Å². The number of hydrogen-bond donors (Lipinski definition) is 1. The second kappa shape index (κ2) is 4.65. The van der Waals surface area contributed by atoms with Crippen LogP contribution in [0.15, 0.2) is 46.5 Å². The van der Waals surface area contributed by atoms with Gasteiger partial charge in [-0.2, -0.15) is 0 Å². The molecule has 0 radical (unpaired) electrons. The van der Waals surface area contributed by atoms with Gasteiger partial charge in [-0.25, -0.2) is 4.98 Å². The minimum Gasteiger partial charge on any atom is -0.398 e. The number of aromatic nitrogens is 3. The number of rotatable bonds is 3. The molecule has 0 bridgehead atoms. The normalized spacial score (nSPS) is 10.4. The lowest BCUT2D eigenvalue weighted by Crippen LogP contribution is -2.26. The third kappa shape index (κ3) is 2.60. The lowest BCUT2D eigenvalue weighted by molar-refractivity contribution is 0.547. The van der Waals surface area contributed by atoms with E-state index in [9.17, 15) is 9.59 Å². The van der Waals surface area contributed by atoms with Crippen LogP contribution < -0.4 is 16.9 Å². The van der Waals surface area contributed by atoms with E-state index in [0.29, 0.717) is 18.8 Å². The average Bonchev–Trinajstić information content (AvgIpc) is 2.32. The molecule has 2 N–H and O–H groups in total. The lowest BCUT2D eigenvalue weighted by Gasteiger charge is -2.07. The molecule has 0 amide bonds. The van der Waals surface area contributed by atoms with Crippen LogP contribution in [0.1, 0.15) is 0 Å². The molecule has 2 rings (SSSR count). The Balaban J connectivity index is 2.18. The Morgan fingerprint density at radius 1 is 1.06 bits per heavy atom. The van der Waals surface area contributed by atoms with Crippen molar-refractivity contribution in [2.45, 2.75) is 13.1 Å². The topological polar surface area (TPSA) is 82.9 Å². The van der Waals surface area contributed by atoms with Crippen LogP contribution in [0.5, 0.6) is 0 Å². The van der Waals surface area contributed by atoms with E-state index >= 15 is 0 Å². The van der Waals surface area contributed by atoms with Crippen LogP contribution >= 0.6 is 0 Å². The minimum atomic E-state index is -0.142. The molecule has 0 aliphatic rings. The summed E-state index contributed by atoms with van der Waals surface area (Å²) >= 11 is 0. The molecule has 0 saturated heterocycles. The zero-order valence-corrected chi connectivity index (χ0v) is 9.11. The Morgan fingerprint density at radius 2 is 1.76 bits per heavy atom. The van der Waals surface area contributed by atoms with Crippen molar-refractivity contribution in [3.8, 4) is 0 Å². The Kier molecular flexibility index (Phi) is 3.04. The maximum Gasteiger partial charge on any atom is 0.253 e. The van der Waals surface area contributed by atoms with E-state index in [1.165, 1.54) is 33.8 Å². The van der Waals surface area contributed by atoms with Gasteiger partial charge >= 0.3 is 0 Å². The fraction of sp³-hybridized carbons (Fsp3) is 0.182. The fourth-order valence-corrected chi connectivity index (χ4v) is 1.49. The van der Waals surface area contributed by atoms with E-state index in [1.54, 1.807) is 12.3 Å². The lowest BCUT2D eigenvalue weighted by atomic mass is 10.4. The van der Waals surface area contributed by atoms with Crippen LogP contribution in [0, 0.1) is 0 Å². The van der Waals surface area contributed by atoms with E-state index in [0.717, 1.165) is 0 Å². The predicted molar refractivity (Wildman–Crippen MR) is 63.6 cm³/mol. The van der Waals surface area contributed by atoms with Crippen molar-refractivity contribution in [3.63, 3.8) is 0 Å². The molecule has 0 unspecified atom stereocenters. The minimum absolute atomic E-state index is 0.142. The molecule has 0 fully saturated rings. The van der Waals surface area contributed by atoms with E-state index < -0.39 is 0 Å². The van der Waals surface area contributed by atoms with Crippen LogP contribution in [0.2, 0.25) is 0 Å². The molecule has 88 valence electrons. The van der Waals surface area contributed by atoms with Crippen LogP contribution in [0.3, 0.4) is 0 Å². The molecule has 2 aromatic rings. The highest BCUT2D eigenvalue weighted by Crippen LogP contribution is 1.95. The van der Waals surface area contributed by atoms with Gasteiger partial charge in [-0.05, 0) is 6.07 Å². The van der Waals surface area contributed by atoms with Crippen LogP contribution in [0.25, 0.3) is 0 Å². The zero-order valence-electron chi connectivity index (χ0n) is 9.11. The molecule has 6 heteroatoms. The van der Waals surface area contributed by atoms with Gasteiger partial charge in [-0.1, -0.05) is 0 Å². The van der Waals surface area contributed by atoms with Gasteiger partial charge in [0.15, 0.2) is 0 Å². The summed E-state index contributed by atoms with van der Waals surface area (Å²) in [5, 5.41) is 0. The van der Waals surface area contributed by atoms with Gasteiger partial charge in [0.25, 0.3) is 11.1 Å². The Hall–Kier alpha value is -2.37. The average molecular weight is 232 g/mol. The molecular weight excluding hydrogens is 220 g/mol. The number of aryl methyl sites for hydroxylation is 2. The second-order valence-electron chi connectivity index (χ2n) is 3.61. The number of nitrogens with two attached hydrogens (primary N) is 1. The molecule has 0 saturated carbocycles. The first-order chi connectivity index (χ1) is 8.16. The summed E-state index contributed by atoms with van der Waals surface area (Å²) in [7, 11) is 0. The van der Waals surface area contributed by atoms with Crippen molar-refractivity contribution in [3.05, 3.63) is 57.6 Å². The quantitative estimate of drug-likeness (QED) is 0.786. The first-order valence-electron chi connectivity index (χ1n) is 5.13. The molecular formula is C11H12N4O2. The van der Waals surface area contributed by atoms with Crippen molar-refractivity contribution < 1.29 is 0 Å². The van der Waals surface area contributed by atoms with Crippen LogP contribution in [-0.2, 0) is 13.1 Å². The number of pyridine rings is 1. The molecule has 17 heavy (non-hydrogen) atoms. The molecule has 2 heterocycles. The monoisotopic (exact) mass is 232 g/mol. The maximum absolute atomic E-state index is 11.5. The first kappa shape index (κ1) is 11.1. The number of hydrogen-bond acceptors (Lipinski definition) is 4. The highest BCUT2D eigenvalue weighted by molar-refractivity contribution is 5.33. The SMILES string of the molecule is Nc1ccc(=O)n(CCn2cnccc2=O)c1. The van der Waals surface area contributed by atoms with Gasteiger partial charge in [0.05, 0.1) is 6.33 Å². The summed E-state index contributed by atoms with van der Waals surface area (Å²) < 4.78 is 2.91. The summed E-state index contributed by atoms with van der Waals surface area (Å²) in [6.45, 7) is 0.769. The molecule has 2 aromatic heterocycles. The second-order valence-corrected chi connectivity index (χ2v) is 3.61. The predicted octanol–water partition coefficient (Wildman–Crippen LogP) is -0.313. The number of nitrogen functional groups attached to an aromatic ring is 1. The number of nitrogens with zero attached hydrogens (tertiary/aromatic N) is 3. The summed E-state index contributed by atoms with van der Waals surface area (Å²) in [5.41, 5.74) is 5.82. The maximum atomic E-state index is 11.5. The molecule has 0 aromatic carbocycles. The van der Waals surface area contributed by atoms with Gasteiger partial charge in [0, 0.05) is 43.3 Å². The summed E-state index contributed by atoms with van der Waals surface area (Å²) in [4.78, 5) is 26.7.